The molecule has 34 heavy (non-hydrogen) atoms. The Balaban J connectivity index is 1.53. The molecule has 180 valence electrons. The molecule has 1 saturated heterocycles. The third kappa shape index (κ3) is 5.63. The average Bonchev–Trinajstić information content (AvgIpc) is 3.42. The van der Waals surface area contributed by atoms with Crippen molar-refractivity contribution in [1.82, 2.24) is 20.0 Å². The SMILES string of the molecule is COCCN1CC(NC(=O)Nc2cc(C(C)C)nn2-c2ccccc2)[C@H](c2cccc(F)c2)C1. The second kappa shape index (κ2) is 10.8. The molecule has 2 atom stereocenters. The van der Waals surface area contributed by atoms with Gasteiger partial charge < -0.3 is 10.1 Å². The van der Waals surface area contributed by atoms with Crippen LogP contribution in [0.4, 0.5) is 15.0 Å². The van der Waals surface area contributed by atoms with E-state index in [0.717, 1.165) is 30.0 Å². The minimum absolute atomic E-state index is 0.0245. The Morgan fingerprint density at radius 3 is 2.65 bits per heavy atom. The van der Waals surface area contributed by atoms with Crippen molar-refractivity contribution in [2.24, 2.45) is 0 Å². The summed E-state index contributed by atoms with van der Waals surface area (Å²) in [6, 6.07) is 17.8. The number of methoxy groups -OCH3 is 1. The van der Waals surface area contributed by atoms with Crippen molar-refractivity contribution in [3.8, 4) is 5.69 Å². The number of carbonyl (C=O) groups is 1. The highest BCUT2D eigenvalue weighted by Gasteiger charge is 2.35. The van der Waals surface area contributed by atoms with E-state index in [4.69, 9.17) is 9.84 Å². The molecule has 2 heterocycles. The van der Waals surface area contributed by atoms with Crippen molar-refractivity contribution < 1.29 is 13.9 Å². The zero-order chi connectivity index (χ0) is 24.1. The molecular formula is C26H32FN5O2. The molecule has 0 radical (unpaired) electrons. The van der Waals surface area contributed by atoms with E-state index in [2.05, 4.69) is 29.4 Å². The molecule has 1 unspecified atom stereocenters. The summed E-state index contributed by atoms with van der Waals surface area (Å²) in [7, 11) is 1.67. The minimum Gasteiger partial charge on any atom is -0.383 e. The van der Waals surface area contributed by atoms with E-state index >= 15 is 0 Å². The van der Waals surface area contributed by atoms with E-state index in [-0.39, 0.29) is 29.7 Å². The molecule has 0 saturated carbocycles. The number of para-hydroxylation sites is 1. The van der Waals surface area contributed by atoms with Crippen LogP contribution in [0, 0.1) is 5.82 Å². The Kier molecular flexibility index (Phi) is 7.59. The van der Waals surface area contributed by atoms with Gasteiger partial charge in [0.1, 0.15) is 11.6 Å². The molecular weight excluding hydrogens is 433 g/mol. The number of urea groups is 1. The van der Waals surface area contributed by atoms with E-state index in [1.807, 2.05) is 42.5 Å². The summed E-state index contributed by atoms with van der Waals surface area (Å²) < 4.78 is 20.9. The van der Waals surface area contributed by atoms with Crippen molar-refractivity contribution in [3.05, 3.63) is 77.7 Å². The summed E-state index contributed by atoms with van der Waals surface area (Å²) in [6.45, 7) is 6.87. The van der Waals surface area contributed by atoms with Crippen molar-refractivity contribution >= 4 is 11.8 Å². The molecule has 8 heteroatoms. The van der Waals surface area contributed by atoms with Crippen LogP contribution in [0.3, 0.4) is 0 Å². The second-order valence-corrected chi connectivity index (χ2v) is 8.98. The quantitative estimate of drug-likeness (QED) is 0.518. The highest BCUT2D eigenvalue weighted by molar-refractivity contribution is 5.89. The number of carbonyl (C=O) groups excluding carboxylic acids is 1. The molecule has 2 amide bonds. The van der Waals surface area contributed by atoms with Gasteiger partial charge in [0, 0.05) is 38.7 Å². The van der Waals surface area contributed by atoms with Gasteiger partial charge in [0.25, 0.3) is 0 Å². The van der Waals surface area contributed by atoms with Crippen molar-refractivity contribution in [3.63, 3.8) is 0 Å². The van der Waals surface area contributed by atoms with Gasteiger partial charge in [-0.1, -0.05) is 44.2 Å². The Hall–Kier alpha value is -3.23. The zero-order valence-corrected chi connectivity index (χ0v) is 19.9. The number of halogens is 1. The van der Waals surface area contributed by atoms with E-state index < -0.39 is 0 Å². The number of aromatic nitrogens is 2. The van der Waals surface area contributed by atoms with Gasteiger partial charge in [0.2, 0.25) is 0 Å². The summed E-state index contributed by atoms with van der Waals surface area (Å²) >= 11 is 0. The lowest BCUT2D eigenvalue weighted by molar-refractivity contribution is 0.159. The molecule has 1 fully saturated rings. The Morgan fingerprint density at radius 2 is 1.94 bits per heavy atom. The fourth-order valence-corrected chi connectivity index (χ4v) is 4.37. The largest absolute Gasteiger partial charge is 0.383 e. The predicted octanol–water partition coefficient (Wildman–Crippen LogP) is 4.37. The topological polar surface area (TPSA) is 71.4 Å². The van der Waals surface area contributed by atoms with E-state index in [9.17, 15) is 9.18 Å². The molecule has 1 aliphatic rings. The third-order valence-electron chi connectivity index (χ3n) is 6.16. The van der Waals surface area contributed by atoms with Gasteiger partial charge >= 0.3 is 6.03 Å². The molecule has 2 aromatic carbocycles. The number of ether oxygens (including phenoxy) is 1. The second-order valence-electron chi connectivity index (χ2n) is 8.98. The minimum atomic E-state index is -0.313. The van der Waals surface area contributed by atoms with Gasteiger partial charge in [0.05, 0.1) is 24.0 Å². The number of nitrogens with one attached hydrogen (secondary N) is 2. The number of amides is 2. The molecule has 3 aromatic rings. The fourth-order valence-electron chi connectivity index (χ4n) is 4.37. The van der Waals surface area contributed by atoms with Crippen LogP contribution >= 0.6 is 0 Å². The van der Waals surface area contributed by atoms with Gasteiger partial charge in [0.15, 0.2) is 0 Å². The lowest BCUT2D eigenvalue weighted by Crippen LogP contribution is -2.42. The first kappa shape index (κ1) is 23.9. The van der Waals surface area contributed by atoms with E-state index in [0.29, 0.717) is 19.0 Å². The van der Waals surface area contributed by atoms with Gasteiger partial charge in [-0.25, -0.2) is 13.9 Å². The highest BCUT2D eigenvalue weighted by atomic mass is 19.1. The monoisotopic (exact) mass is 465 g/mol. The lowest BCUT2D eigenvalue weighted by Gasteiger charge is -2.21. The number of hydrogen-bond acceptors (Lipinski definition) is 4. The van der Waals surface area contributed by atoms with Gasteiger partial charge in [-0.05, 0) is 35.7 Å². The number of anilines is 1. The maximum atomic E-state index is 13.9. The highest BCUT2D eigenvalue weighted by Crippen LogP contribution is 2.28. The van der Waals surface area contributed by atoms with Crippen molar-refractivity contribution in [2.45, 2.75) is 31.7 Å². The summed E-state index contributed by atoms with van der Waals surface area (Å²) in [4.78, 5) is 15.3. The van der Waals surface area contributed by atoms with Crippen LogP contribution in [0.2, 0.25) is 0 Å². The van der Waals surface area contributed by atoms with Crippen molar-refractivity contribution in [2.75, 3.05) is 38.7 Å². The molecule has 1 aliphatic heterocycles. The molecule has 7 nitrogen and oxygen atoms in total. The number of nitrogens with zero attached hydrogens (tertiary/aromatic N) is 3. The number of rotatable bonds is 8. The maximum absolute atomic E-state index is 13.9. The Labute approximate surface area is 199 Å². The zero-order valence-electron chi connectivity index (χ0n) is 19.9. The smallest absolute Gasteiger partial charge is 0.320 e. The van der Waals surface area contributed by atoms with Gasteiger partial charge in [-0.2, -0.15) is 5.10 Å². The average molecular weight is 466 g/mol. The number of hydrogen-bond donors (Lipinski definition) is 2. The third-order valence-corrected chi connectivity index (χ3v) is 6.16. The van der Waals surface area contributed by atoms with Crippen LogP contribution in [-0.4, -0.2) is 60.1 Å². The predicted molar refractivity (Wildman–Crippen MR) is 131 cm³/mol. The first-order valence-corrected chi connectivity index (χ1v) is 11.6. The van der Waals surface area contributed by atoms with Crippen LogP contribution < -0.4 is 10.6 Å². The first-order chi connectivity index (χ1) is 16.4. The normalized spacial score (nSPS) is 18.4. The van der Waals surface area contributed by atoms with Crippen LogP contribution in [0.5, 0.6) is 0 Å². The molecule has 2 N–H and O–H groups in total. The first-order valence-electron chi connectivity index (χ1n) is 11.6. The summed E-state index contributed by atoms with van der Waals surface area (Å²) in [5.41, 5.74) is 2.64. The van der Waals surface area contributed by atoms with Crippen LogP contribution in [0.1, 0.15) is 36.9 Å². The molecule has 4 rings (SSSR count). The van der Waals surface area contributed by atoms with Gasteiger partial charge in [-0.15, -0.1) is 0 Å². The summed E-state index contributed by atoms with van der Waals surface area (Å²) in [5.74, 6) is 0.520. The maximum Gasteiger partial charge on any atom is 0.320 e. The summed E-state index contributed by atoms with van der Waals surface area (Å²) in [6.07, 6.45) is 0. The van der Waals surface area contributed by atoms with Crippen molar-refractivity contribution in [1.29, 1.82) is 0 Å². The Bertz CT molecular complexity index is 1100. The fraction of sp³-hybridized carbons (Fsp3) is 0.385. The van der Waals surface area contributed by atoms with Crippen LogP contribution in [0.25, 0.3) is 5.69 Å². The van der Waals surface area contributed by atoms with Crippen LogP contribution in [0.15, 0.2) is 60.7 Å². The number of likely N-dealkylation sites (tertiary alicyclic amines) is 1. The molecule has 0 spiro atoms. The van der Waals surface area contributed by atoms with Crippen LogP contribution in [-0.2, 0) is 4.74 Å². The van der Waals surface area contributed by atoms with E-state index in [1.165, 1.54) is 6.07 Å². The Morgan fingerprint density at radius 1 is 1.15 bits per heavy atom. The molecule has 1 aromatic heterocycles. The molecule has 0 aliphatic carbocycles. The lowest BCUT2D eigenvalue weighted by atomic mass is 9.94. The van der Waals surface area contributed by atoms with E-state index in [1.54, 1.807) is 23.9 Å². The molecule has 0 bridgehead atoms. The number of benzene rings is 2. The van der Waals surface area contributed by atoms with Gasteiger partial charge in [-0.3, -0.25) is 10.2 Å². The summed E-state index contributed by atoms with van der Waals surface area (Å²) in [5, 5.41) is 10.8. The standard InChI is InChI=1S/C26H32FN5O2/c1-18(2)23-15-25(32(30-23)21-10-5-4-6-11-21)29-26(33)28-24-17-31(12-13-34-3)16-22(24)19-8-7-9-20(27)14-19/h4-11,14-15,18,22,24H,12-13,16-17H2,1-3H3,(H2,28,29,33)/t22-,24?/m0/s1.